The number of oxime groups is 1. The highest BCUT2D eigenvalue weighted by molar-refractivity contribution is 6.06. The van der Waals surface area contributed by atoms with Crippen LogP contribution in [0, 0.1) is 16.7 Å². The highest BCUT2D eigenvalue weighted by atomic mass is 16.4. The van der Waals surface area contributed by atoms with Gasteiger partial charge in [-0.1, -0.05) is 23.4 Å². The summed E-state index contributed by atoms with van der Waals surface area (Å²) < 4.78 is 0. The molecule has 1 aliphatic heterocycles. The van der Waals surface area contributed by atoms with Gasteiger partial charge in [-0.15, -0.1) is 0 Å². The molecule has 0 aromatic heterocycles. The second kappa shape index (κ2) is 5.31. The molecule has 0 saturated heterocycles. The van der Waals surface area contributed by atoms with Gasteiger partial charge in [0.25, 0.3) is 0 Å². The smallest absolute Gasteiger partial charge is 0.0906 e. The SMILES string of the molecule is CC(C)(C#N)CCN1CCC(=NO)c2ccccc21. The molecule has 0 radical (unpaired) electrons. The molecule has 1 aromatic carbocycles. The van der Waals surface area contributed by atoms with Gasteiger partial charge in [0.05, 0.1) is 17.2 Å². The fraction of sp³-hybridized carbons (Fsp3) is 0.467. The van der Waals surface area contributed by atoms with Crippen LogP contribution in [0.5, 0.6) is 0 Å². The van der Waals surface area contributed by atoms with Crippen LogP contribution in [0.25, 0.3) is 0 Å². The number of fused-ring (bicyclic) bond motifs is 1. The third kappa shape index (κ3) is 2.87. The van der Waals surface area contributed by atoms with E-state index in [0.717, 1.165) is 42.9 Å². The Kier molecular flexibility index (Phi) is 3.75. The van der Waals surface area contributed by atoms with E-state index in [0.29, 0.717) is 0 Å². The van der Waals surface area contributed by atoms with Crippen molar-refractivity contribution in [2.75, 3.05) is 18.0 Å². The zero-order valence-electron chi connectivity index (χ0n) is 11.4. The van der Waals surface area contributed by atoms with E-state index in [-0.39, 0.29) is 5.41 Å². The number of benzene rings is 1. The second-order valence-corrected chi connectivity index (χ2v) is 5.55. The van der Waals surface area contributed by atoms with E-state index in [2.05, 4.69) is 16.1 Å². The molecule has 1 aliphatic rings. The van der Waals surface area contributed by atoms with Crippen molar-refractivity contribution in [3.63, 3.8) is 0 Å². The Balaban J connectivity index is 2.19. The molecule has 4 heteroatoms. The van der Waals surface area contributed by atoms with Gasteiger partial charge in [0, 0.05) is 30.8 Å². The molecule has 1 heterocycles. The second-order valence-electron chi connectivity index (χ2n) is 5.55. The summed E-state index contributed by atoms with van der Waals surface area (Å²) in [6, 6.07) is 10.3. The molecule has 19 heavy (non-hydrogen) atoms. The minimum atomic E-state index is -0.305. The number of nitrogens with zero attached hydrogens (tertiary/aromatic N) is 3. The van der Waals surface area contributed by atoms with Crippen LogP contribution >= 0.6 is 0 Å². The summed E-state index contributed by atoms with van der Waals surface area (Å²) >= 11 is 0. The first-order valence-corrected chi connectivity index (χ1v) is 6.54. The van der Waals surface area contributed by atoms with E-state index in [1.807, 2.05) is 38.1 Å². The molecule has 0 atom stereocenters. The molecule has 4 nitrogen and oxygen atoms in total. The predicted octanol–water partition coefficient (Wildman–Crippen LogP) is 3.01. The molecule has 100 valence electrons. The van der Waals surface area contributed by atoms with Gasteiger partial charge in [0.1, 0.15) is 0 Å². The van der Waals surface area contributed by atoms with Crippen molar-refractivity contribution in [2.45, 2.75) is 26.7 Å². The molecule has 1 aromatic rings. The fourth-order valence-corrected chi connectivity index (χ4v) is 2.30. The Bertz CT molecular complexity index is 528. The number of hydrogen-bond acceptors (Lipinski definition) is 4. The summed E-state index contributed by atoms with van der Waals surface area (Å²) in [6.07, 6.45) is 1.56. The summed E-state index contributed by atoms with van der Waals surface area (Å²) in [5.74, 6) is 0. The van der Waals surface area contributed by atoms with Crippen molar-refractivity contribution >= 4 is 11.4 Å². The largest absolute Gasteiger partial charge is 0.411 e. The van der Waals surface area contributed by atoms with Gasteiger partial charge >= 0.3 is 0 Å². The summed E-state index contributed by atoms with van der Waals surface area (Å²) in [7, 11) is 0. The van der Waals surface area contributed by atoms with E-state index >= 15 is 0 Å². The van der Waals surface area contributed by atoms with E-state index in [1.165, 1.54) is 0 Å². The highest BCUT2D eigenvalue weighted by Gasteiger charge is 2.24. The Labute approximate surface area is 114 Å². The number of rotatable bonds is 3. The Morgan fingerprint density at radius 1 is 1.42 bits per heavy atom. The topological polar surface area (TPSA) is 59.6 Å². The quantitative estimate of drug-likeness (QED) is 0.669. The van der Waals surface area contributed by atoms with Crippen LogP contribution in [0.15, 0.2) is 29.4 Å². The number of para-hydroxylation sites is 1. The molecule has 0 spiro atoms. The van der Waals surface area contributed by atoms with E-state index in [4.69, 9.17) is 10.5 Å². The maximum Gasteiger partial charge on any atom is 0.0906 e. The van der Waals surface area contributed by atoms with E-state index in [9.17, 15) is 0 Å². The van der Waals surface area contributed by atoms with Gasteiger partial charge in [-0.2, -0.15) is 5.26 Å². The molecular weight excluding hydrogens is 238 g/mol. The van der Waals surface area contributed by atoms with Crippen LogP contribution in [0.4, 0.5) is 5.69 Å². The predicted molar refractivity (Wildman–Crippen MR) is 75.6 cm³/mol. The van der Waals surface area contributed by atoms with Crippen LogP contribution in [-0.4, -0.2) is 24.0 Å². The first-order chi connectivity index (χ1) is 9.07. The van der Waals surface area contributed by atoms with Crippen molar-refractivity contribution in [2.24, 2.45) is 10.6 Å². The van der Waals surface area contributed by atoms with Crippen LogP contribution in [0.3, 0.4) is 0 Å². The maximum atomic E-state index is 9.08. The molecular formula is C15H19N3O. The van der Waals surface area contributed by atoms with Crippen LogP contribution in [0.1, 0.15) is 32.3 Å². The minimum Gasteiger partial charge on any atom is -0.411 e. The van der Waals surface area contributed by atoms with Gasteiger partial charge in [-0.3, -0.25) is 0 Å². The number of hydrogen-bond donors (Lipinski definition) is 1. The zero-order chi connectivity index (χ0) is 13.9. The molecule has 1 N–H and O–H groups in total. The van der Waals surface area contributed by atoms with E-state index in [1.54, 1.807) is 0 Å². The minimum absolute atomic E-state index is 0.305. The van der Waals surface area contributed by atoms with Crippen molar-refractivity contribution < 1.29 is 5.21 Å². The summed E-state index contributed by atoms with van der Waals surface area (Å²) in [4.78, 5) is 2.27. The lowest BCUT2D eigenvalue weighted by Crippen LogP contribution is -2.34. The molecule has 0 unspecified atom stereocenters. The Hall–Kier alpha value is -2.02. The molecule has 0 amide bonds. The van der Waals surface area contributed by atoms with Gasteiger partial charge in [-0.25, -0.2) is 0 Å². The van der Waals surface area contributed by atoms with Gasteiger partial charge in [0.15, 0.2) is 0 Å². The molecule has 0 aliphatic carbocycles. The van der Waals surface area contributed by atoms with Crippen molar-refractivity contribution in [3.8, 4) is 6.07 Å². The van der Waals surface area contributed by atoms with Gasteiger partial charge in [-0.05, 0) is 26.3 Å². The first-order valence-electron chi connectivity index (χ1n) is 6.54. The summed E-state index contributed by atoms with van der Waals surface area (Å²) in [6.45, 7) is 5.60. The third-order valence-corrected chi connectivity index (χ3v) is 3.60. The molecule has 2 rings (SSSR count). The monoisotopic (exact) mass is 257 g/mol. The van der Waals surface area contributed by atoms with Crippen LogP contribution in [-0.2, 0) is 0 Å². The lowest BCUT2D eigenvalue weighted by molar-refractivity contribution is 0.317. The van der Waals surface area contributed by atoms with Gasteiger partial charge in [0.2, 0.25) is 0 Å². The van der Waals surface area contributed by atoms with Crippen molar-refractivity contribution in [1.29, 1.82) is 5.26 Å². The normalized spacial score (nSPS) is 17.1. The average Bonchev–Trinajstić information content (AvgIpc) is 2.44. The maximum absolute atomic E-state index is 9.08. The first kappa shape index (κ1) is 13.4. The lowest BCUT2D eigenvalue weighted by atomic mass is 9.90. The molecule has 0 bridgehead atoms. The third-order valence-electron chi connectivity index (χ3n) is 3.60. The standard InChI is InChI=1S/C15H19N3O/c1-15(2,11-16)8-10-18-9-7-13(17-19)12-5-3-4-6-14(12)18/h3-6,19H,7-10H2,1-2H3. The van der Waals surface area contributed by atoms with Gasteiger partial charge < -0.3 is 10.1 Å². The average molecular weight is 257 g/mol. The molecule has 0 saturated carbocycles. The summed E-state index contributed by atoms with van der Waals surface area (Å²) in [5, 5.41) is 21.5. The fourth-order valence-electron chi connectivity index (χ4n) is 2.30. The van der Waals surface area contributed by atoms with E-state index < -0.39 is 0 Å². The Morgan fingerprint density at radius 2 is 2.16 bits per heavy atom. The van der Waals surface area contributed by atoms with Crippen LogP contribution in [0.2, 0.25) is 0 Å². The number of nitriles is 1. The zero-order valence-corrected chi connectivity index (χ0v) is 11.4. The van der Waals surface area contributed by atoms with Crippen molar-refractivity contribution in [1.82, 2.24) is 0 Å². The summed E-state index contributed by atoms with van der Waals surface area (Å²) in [5.41, 5.74) is 2.52. The number of anilines is 1. The van der Waals surface area contributed by atoms with Crippen LogP contribution < -0.4 is 4.90 Å². The van der Waals surface area contributed by atoms with Crippen molar-refractivity contribution in [3.05, 3.63) is 29.8 Å². The Morgan fingerprint density at radius 3 is 2.84 bits per heavy atom. The molecule has 0 fully saturated rings. The highest BCUT2D eigenvalue weighted by Crippen LogP contribution is 2.29. The lowest BCUT2D eigenvalue weighted by Gasteiger charge is -2.33.